The highest BCUT2D eigenvalue weighted by atomic mass is 16.4. The third kappa shape index (κ3) is 6.59. The van der Waals surface area contributed by atoms with Gasteiger partial charge in [0.05, 0.1) is 6.54 Å². The molecule has 0 aliphatic carbocycles. The molecule has 18 heavy (non-hydrogen) atoms. The summed E-state index contributed by atoms with van der Waals surface area (Å²) in [4.78, 5) is 0. The first-order valence-corrected chi connectivity index (χ1v) is 6.85. The van der Waals surface area contributed by atoms with Crippen molar-refractivity contribution >= 4 is 6.01 Å². The Morgan fingerprint density at radius 2 is 1.89 bits per heavy atom. The molecule has 1 aromatic rings. The Kier molecular flexibility index (Phi) is 6.72. The minimum atomic E-state index is 0.528. The van der Waals surface area contributed by atoms with Crippen LogP contribution < -0.4 is 10.6 Å². The summed E-state index contributed by atoms with van der Waals surface area (Å²) in [5.74, 6) is 2.01. The lowest BCUT2D eigenvalue weighted by Crippen LogP contribution is -2.19. The summed E-state index contributed by atoms with van der Waals surface area (Å²) >= 11 is 0. The maximum absolute atomic E-state index is 5.48. The van der Waals surface area contributed by atoms with Crippen molar-refractivity contribution in [2.75, 3.05) is 18.4 Å². The van der Waals surface area contributed by atoms with Crippen LogP contribution in [0.3, 0.4) is 0 Å². The summed E-state index contributed by atoms with van der Waals surface area (Å²) in [6.07, 6.45) is 2.34. The summed E-state index contributed by atoms with van der Waals surface area (Å²) in [5.41, 5.74) is 0. The average Bonchev–Trinajstić information content (AvgIpc) is 2.72. The van der Waals surface area contributed by atoms with Crippen molar-refractivity contribution in [3.05, 3.63) is 5.89 Å². The van der Waals surface area contributed by atoms with E-state index in [4.69, 9.17) is 4.42 Å². The lowest BCUT2D eigenvalue weighted by molar-refractivity contribution is 0.457. The molecule has 0 unspecified atom stereocenters. The van der Waals surface area contributed by atoms with E-state index in [1.54, 1.807) is 0 Å². The monoisotopic (exact) mass is 254 g/mol. The van der Waals surface area contributed by atoms with Gasteiger partial charge in [0.25, 0.3) is 0 Å². The van der Waals surface area contributed by atoms with Gasteiger partial charge in [-0.05, 0) is 31.2 Å². The summed E-state index contributed by atoms with van der Waals surface area (Å²) in [6.45, 7) is 11.3. The number of rotatable bonds is 9. The first-order chi connectivity index (χ1) is 8.58. The van der Waals surface area contributed by atoms with E-state index in [1.165, 1.54) is 6.42 Å². The van der Waals surface area contributed by atoms with E-state index < -0.39 is 0 Å². The molecule has 5 heteroatoms. The van der Waals surface area contributed by atoms with Crippen LogP contribution in [0.25, 0.3) is 0 Å². The molecular weight excluding hydrogens is 228 g/mol. The number of hydrogen-bond donors (Lipinski definition) is 2. The summed E-state index contributed by atoms with van der Waals surface area (Å²) in [5, 5.41) is 14.4. The zero-order valence-electron chi connectivity index (χ0n) is 12.0. The molecule has 0 saturated heterocycles. The zero-order chi connectivity index (χ0) is 13.4. The number of nitrogens with one attached hydrogen (secondary N) is 2. The van der Waals surface area contributed by atoms with Crippen LogP contribution in [0.4, 0.5) is 6.01 Å². The van der Waals surface area contributed by atoms with Gasteiger partial charge >= 0.3 is 6.01 Å². The molecule has 0 radical (unpaired) electrons. The van der Waals surface area contributed by atoms with E-state index in [1.807, 2.05) is 0 Å². The van der Waals surface area contributed by atoms with Crippen LogP contribution in [0.1, 0.15) is 46.4 Å². The Morgan fingerprint density at radius 1 is 1.11 bits per heavy atom. The van der Waals surface area contributed by atoms with Gasteiger partial charge in [-0.2, -0.15) is 0 Å². The van der Waals surface area contributed by atoms with E-state index in [-0.39, 0.29) is 0 Å². The van der Waals surface area contributed by atoms with Gasteiger partial charge in [0, 0.05) is 6.54 Å². The first kappa shape index (κ1) is 15.0. The second-order valence-electron chi connectivity index (χ2n) is 5.49. The van der Waals surface area contributed by atoms with Gasteiger partial charge in [-0.3, -0.25) is 0 Å². The SMILES string of the molecule is CC(C)CCCNc1nnc(CNCC(C)C)o1. The minimum Gasteiger partial charge on any atom is -0.407 e. The van der Waals surface area contributed by atoms with Gasteiger partial charge in [0.2, 0.25) is 5.89 Å². The van der Waals surface area contributed by atoms with E-state index in [2.05, 4.69) is 48.5 Å². The normalized spacial score (nSPS) is 11.4. The van der Waals surface area contributed by atoms with E-state index in [0.29, 0.717) is 24.4 Å². The van der Waals surface area contributed by atoms with Crippen molar-refractivity contribution in [1.82, 2.24) is 15.5 Å². The van der Waals surface area contributed by atoms with Crippen LogP contribution in [-0.4, -0.2) is 23.3 Å². The van der Waals surface area contributed by atoms with Crippen molar-refractivity contribution < 1.29 is 4.42 Å². The molecule has 1 aromatic heterocycles. The molecule has 0 fully saturated rings. The molecule has 2 N–H and O–H groups in total. The van der Waals surface area contributed by atoms with Crippen LogP contribution in [0.15, 0.2) is 4.42 Å². The van der Waals surface area contributed by atoms with Gasteiger partial charge < -0.3 is 15.1 Å². The molecule has 0 aliphatic heterocycles. The lowest BCUT2D eigenvalue weighted by Gasteiger charge is -2.04. The van der Waals surface area contributed by atoms with Gasteiger partial charge in [0.1, 0.15) is 0 Å². The Balaban J connectivity index is 2.17. The van der Waals surface area contributed by atoms with Crippen LogP contribution in [-0.2, 0) is 6.54 Å². The second kappa shape index (κ2) is 8.08. The van der Waals surface area contributed by atoms with Gasteiger partial charge in [-0.25, -0.2) is 0 Å². The van der Waals surface area contributed by atoms with Crippen molar-refractivity contribution in [1.29, 1.82) is 0 Å². The number of nitrogens with zero attached hydrogens (tertiary/aromatic N) is 2. The lowest BCUT2D eigenvalue weighted by atomic mass is 10.1. The van der Waals surface area contributed by atoms with Crippen molar-refractivity contribution in [3.63, 3.8) is 0 Å². The predicted octanol–water partition coefficient (Wildman–Crippen LogP) is 2.66. The molecule has 5 nitrogen and oxygen atoms in total. The highest BCUT2D eigenvalue weighted by Gasteiger charge is 2.05. The standard InChI is InChI=1S/C13H26N4O/c1-10(2)6-5-7-15-13-17-16-12(18-13)9-14-8-11(3)4/h10-11,14H,5-9H2,1-4H3,(H,15,17). The number of aromatic nitrogens is 2. The van der Waals surface area contributed by atoms with E-state index in [9.17, 15) is 0 Å². The zero-order valence-corrected chi connectivity index (χ0v) is 12.0. The van der Waals surface area contributed by atoms with E-state index in [0.717, 1.165) is 25.4 Å². The quantitative estimate of drug-likeness (QED) is 0.663. The minimum absolute atomic E-state index is 0.528. The van der Waals surface area contributed by atoms with Gasteiger partial charge in [0.15, 0.2) is 0 Å². The van der Waals surface area contributed by atoms with Crippen LogP contribution in [0.2, 0.25) is 0 Å². The predicted molar refractivity (Wildman–Crippen MR) is 73.4 cm³/mol. The fraction of sp³-hybridized carbons (Fsp3) is 0.846. The molecule has 104 valence electrons. The number of hydrogen-bond acceptors (Lipinski definition) is 5. The van der Waals surface area contributed by atoms with E-state index >= 15 is 0 Å². The Bertz CT molecular complexity index is 323. The molecule has 0 spiro atoms. The topological polar surface area (TPSA) is 63.0 Å². The van der Waals surface area contributed by atoms with Crippen molar-refractivity contribution in [2.45, 2.75) is 47.1 Å². The Labute approximate surface area is 110 Å². The smallest absolute Gasteiger partial charge is 0.315 e. The molecule has 0 bridgehead atoms. The van der Waals surface area contributed by atoms with Gasteiger partial charge in [-0.1, -0.05) is 32.8 Å². The molecule has 0 atom stereocenters. The molecule has 0 aromatic carbocycles. The van der Waals surface area contributed by atoms with Gasteiger partial charge in [-0.15, -0.1) is 5.10 Å². The third-order valence-electron chi connectivity index (χ3n) is 2.53. The average molecular weight is 254 g/mol. The molecule has 1 heterocycles. The van der Waals surface area contributed by atoms with Crippen LogP contribution >= 0.6 is 0 Å². The van der Waals surface area contributed by atoms with Crippen molar-refractivity contribution in [2.24, 2.45) is 11.8 Å². The van der Waals surface area contributed by atoms with Crippen LogP contribution in [0.5, 0.6) is 0 Å². The highest BCUT2D eigenvalue weighted by molar-refractivity contribution is 5.16. The fourth-order valence-corrected chi connectivity index (χ4v) is 1.57. The highest BCUT2D eigenvalue weighted by Crippen LogP contribution is 2.07. The first-order valence-electron chi connectivity index (χ1n) is 6.85. The number of anilines is 1. The summed E-state index contributed by atoms with van der Waals surface area (Å²) < 4.78 is 5.48. The molecule has 0 amide bonds. The fourth-order valence-electron chi connectivity index (χ4n) is 1.57. The Hall–Kier alpha value is -1.10. The second-order valence-corrected chi connectivity index (χ2v) is 5.49. The summed E-state index contributed by atoms with van der Waals surface area (Å²) in [6, 6.07) is 0.528. The maximum Gasteiger partial charge on any atom is 0.315 e. The summed E-state index contributed by atoms with van der Waals surface area (Å²) in [7, 11) is 0. The largest absolute Gasteiger partial charge is 0.407 e. The third-order valence-corrected chi connectivity index (χ3v) is 2.53. The maximum atomic E-state index is 5.48. The molecular formula is C13H26N4O. The molecule has 0 saturated carbocycles. The molecule has 1 rings (SSSR count). The Morgan fingerprint density at radius 3 is 2.56 bits per heavy atom. The van der Waals surface area contributed by atoms with Crippen LogP contribution in [0, 0.1) is 11.8 Å². The van der Waals surface area contributed by atoms with Crippen molar-refractivity contribution in [3.8, 4) is 0 Å². The molecule has 0 aliphatic rings.